The molecule has 202 valence electrons. The summed E-state index contributed by atoms with van der Waals surface area (Å²) in [5.41, 5.74) is 5.19. The molecule has 35 heavy (non-hydrogen) atoms. The highest BCUT2D eigenvalue weighted by Gasteiger charge is 2.46. The number of fused-ring (bicyclic) bond motifs is 1. The van der Waals surface area contributed by atoms with E-state index in [1.807, 2.05) is 0 Å². The van der Waals surface area contributed by atoms with Crippen molar-refractivity contribution >= 4 is 52.9 Å². The van der Waals surface area contributed by atoms with E-state index in [2.05, 4.69) is 15.0 Å². The molecule has 1 fully saturated rings. The summed E-state index contributed by atoms with van der Waals surface area (Å²) in [6.45, 7) is -0.386. The Morgan fingerprint density at radius 1 is 0.886 bits per heavy atom. The molecule has 3 amide bonds. The number of nitrogens with two attached hydrogens (primary N) is 1. The van der Waals surface area contributed by atoms with Crippen LogP contribution in [0, 0.1) is 0 Å². The molecule has 0 aliphatic carbocycles. The van der Waals surface area contributed by atoms with Crippen molar-refractivity contribution in [3.05, 3.63) is 0 Å². The van der Waals surface area contributed by atoms with Crippen molar-refractivity contribution in [2.45, 2.75) is 24.9 Å². The second-order valence-corrected chi connectivity index (χ2v) is 9.06. The normalized spacial score (nSPS) is 23.9. The number of guanidine groups is 1. The number of aliphatic hydroxyl groups excluding tert-OH is 2. The van der Waals surface area contributed by atoms with E-state index in [-0.39, 0.29) is 30.5 Å². The van der Waals surface area contributed by atoms with E-state index in [1.54, 1.807) is 0 Å². The quantitative estimate of drug-likeness (QED) is 0.137. The first-order chi connectivity index (χ1) is 15.5. The van der Waals surface area contributed by atoms with Gasteiger partial charge in [0.2, 0.25) is 5.96 Å². The Morgan fingerprint density at radius 2 is 1.31 bits per heavy atom. The van der Waals surface area contributed by atoms with Gasteiger partial charge in [0, 0.05) is 6.42 Å². The molecular formula is C10H20N5O17P3. The highest BCUT2D eigenvalue weighted by atomic mass is 31.2. The van der Waals surface area contributed by atoms with Crippen LogP contribution in [0.15, 0.2) is 15.0 Å². The van der Waals surface area contributed by atoms with Gasteiger partial charge in [0.15, 0.2) is 11.5 Å². The number of rotatable bonds is 2. The van der Waals surface area contributed by atoms with E-state index in [0.717, 1.165) is 4.90 Å². The van der Waals surface area contributed by atoms with E-state index in [9.17, 15) is 14.7 Å². The van der Waals surface area contributed by atoms with Gasteiger partial charge in [-0.05, 0) is 0 Å². The lowest BCUT2D eigenvalue weighted by Gasteiger charge is -2.23. The highest BCUT2D eigenvalue weighted by Crippen LogP contribution is 2.28. The van der Waals surface area contributed by atoms with Gasteiger partial charge < -0.3 is 64.7 Å². The number of carbonyl (C=O) groups is 2. The summed E-state index contributed by atoms with van der Waals surface area (Å²) < 4.78 is 32.0. The standard InChI is InChI=1S/C10H11N5O5.3H3O4P/c11-9-13-7-6(8(18)14-9)12-10(19)15(7)5-1-3(17)4(2-16)20-5;3*1-5(2,3)4/h3-5,16-17H,1-2H2,(H2,11,14,18);3*(H3,1,2,3,4)/t3-,4+,5+;;;/m0.../s1. The van der Waals surface area contributed by atoms with Crippen molar-refractivity contribution in [1.29, 1.82) is 0 Å². The molecule has 0 aromatic heterocycles. The van der Waals surface area contributed by atoms with Gasteiger partial charge in [0.05, 0.1) is 12.7 Å². The fraction of sp³-hybridized carbons (Fsp3) is 0.500. The summed E-state index contributed by atoms with van der Waals surface area (Å²) in [6.07, 6.45) is -2.52. The highest BCUT2D eigenvalue weighted by molar-refractivity contribution is 7.45. The Morgan fingerprint density at radius 3 is 1.69 bits per heavy atom. The van der Waals surface area contributed by atoms with Crippen LogP contribution in [-0.4, -0.2) is 114 Å². The summed E-state index contributed by atoms with van der Waals surface area (Å²) in [6, 6.07) is -0.743. The lowest BCUT2D eigenvalue weighted by Crippen LogP contribution is -2.45. The first-order valence-corrected chi connectivity index (χ1v) is 12.9. The minimum absolute atomic E-state index is 0.0386. The Bertz CT molecular complexity index is 953. The molecule has 0 unspecified atom stereocenters. The first kappa shape index (κ1) is 33.2. The predicted octanol–water partition coefficient (Wildman–Crippen LogP) is -5.20. The molecule has 0 aromatic rings. The van der Waals surface area contributed by atoms with Crippen molar-refractivity contribution in [2.75, 3.05) is 6.61 Å². The van der Waals surface area contributed by atoms with Crippen LogP contribution >= 0.6 is 23.5 Å². The third-order valence-electron chi connectivity index (χ3n) is 3.16. The molecule has 22 nitrogen and oxygen atoms in total. The zero-order valence-electron chi connectivity index (χ0n) is 16.7. The Kier molecular flexibility index (Phi) is 12.2. The minimum Gasteiger partial charge on any atom is -0.394 e. The third-order valence-corrected chi connectivity index (χ3v) is 3.16. The number of hydrogen-bond acceptors (Lipinski definition) is 10. The number of phosphoric acid groups is 3. The smallest absolute Gasteiger partial charge is 0.394 e. The maximum Gasteiger partial charge on any atom is 0.466 e. The predicted molar refractivity (Wildman–Crippen MR) is 108 cm³/mol. The molecule has 3 rings (SSSR count). The second kappa shape index (κ2) is 12.9. The van der Waals surface area contributed by atoms with Gasteiger partial charge in [-0.25, -0.2) is 23.4 Å². The molecular weight excluding hydrogens is 555 g/mol. The van der Waals surface area contributed by atoms with Gasteiger partial charge in [0.25, 0.3) is 0 Å². The SMILES string of the molecule is NC1=NC(=O)C2=NC(=O)N([C@H]3C[C@H](O)[C@@H](CO)O3)C2=N1.O=P(O)(O)O.O=P(O)(O)O.O=P(O)(O)O. The molecule has 3 aliphatic rings. The number of aliphatic imine (C=N–C) groups is 3. The molecule has 3 heterocycles. The number of ether oxygens (including phenoxy) is 1. The molecule has 0 radical (unpaired) electrons. The molecule has 0 aromatic carbocycles. The average molecular weight is 575 g/mol. The molecule has 0 saturated carbocycles. The van der Waals surface area contributed by atoms with E-state index < -0.39 is 53.8 Å². The van der Waals surface area contributed by atoms with Gasteiger partial charge in [0.1, 0.15) is 12.3 Å². The fourth-order valence-corrected chi connectivity index (χ4v) is 2.24. The summed E-state index contributed by atoms with van der Waals surface area (Å²) in [5, 5.41) is 18.7. The van der Waals surface area contributed by atoms with Gasteiger partial charge in [-0.3, -0.25) is 4.79 Å². The van der Waals surface area contributed by atoms with Gasteiger partial charge in [-0.1, -0.05) is 0 Å². The van der Waals surface area contributed by atoms with Crippen LogP contribution in [0.5, 0.6) is 0 Å². The van der Waals surface area contributed by atoms with Crippen LogP contribution in [0.4, 0.5) is 4.79 Å². The van der Waals surface area contributed by atoms with E-state index in [4.69, 9.17) is 73.3 Å². The monoisotopic (exact) mass is 575 g/mol. The van der Waals surface area contributed by atoms with Gasteiger partial charge in [-0.15, -0.1) is 0 Å². The fourth-order valence-electron chi connectivity index (χ4n) is 2.24. The first-order valence-electron chi connectivity index (χ1n) is 8.20. The Hall–Kier alpha value is -1.84. The summed E-state index contributed by atoms with van der Waals surface area (Å²) >= 11 is 0. The number of urea groups is 1. The zero-order chi connectivity index (χ0) is 27.9. The molecule has 3 aliphatic heterocycles. The summed E-state index contributed by atoms with van der Waals surface area (Å²) in [4.78, 5) is 100.0. The topological polar surface area (TPSA) is 383 Å². The maximum atomic E-state index is 11.9. The zero-order valence-corrected chi connectivity index (χ0v) is 19.4. The van der Waals surface area contributed by atoms with Crippen molar-refractivity contribution in [1.82, 2.24) is 4.90 Å². The second-order valence-electron chi connectivity index (χ2n) is 5.98. The molecule has 0 bridgehead atoms. The number of carbonyl (C=O) groups excluding carboxylic acids is 2. The molecule has 3 atom stereocenters. The largest absolute Gasteiger partial charge is 0.466 e. The summed E-state index contributed by atoms with van der Waals surface area (Å²) in [5.74, 6) is -1.07. The molecule has 1 saturated heterocycles. The number of amides is 3. The minimum atomic E-state index is -4.64. The molecule has 25 heteroatoms. The molecule has 13 N–H and O–H groups in total. The van der Waals surface area contributed by atoms with Crippen LogP contribution in [0.25, 0.3) is 0 Å². The third kappa shape index (κ3) is 15.0. The van der Waals surface area contributed by atoms with Crippen LogP contribution < -0.4 is 5.73 Å². The van der Waals surface area contributed by atoms with Crippen molar-refractivity contribution < 1.29 is 82.3 Å². The van der Waals surface area contributed by atoms with Crippen LogP contribution in [-0.2, 0) is 23.2 Å². The van der Waals surface area contributed by atoms with Crippen molar-refractivity contribution in [3.63, 3.8) is 0 Å². The lowest BCUT2D eigenvalue weighted by molar-refractivity contribution is -0.111. The number of nitrogens with zero attached hydrogens (tertiary/aromatic N) is 4. The molecule has 0 spiro atoms. The van der Waals surface area contributed by atoms with Crippen LogP contribution in [0.3, 0.4) is 0 Å². The average Bonchev–Trinajstić information content (AvgIpc) is 3.09. The number of aliphatic hydroxyl groups is 2. The van der Waals surface area contributed by atoms with Crippen molar-refractivity contribution in [2.24, 2.45) is 20.7 Å². The van der Waals surface area contributed by atoms with E-state index >= 15 is 0 Å². The number of amidine groups is 1. The van der Waals surface area contributed by atoms with Crippen molar-refractivity contribution in [3.8, 4) is 0 Å². The van der Waals surface area contributed by atoms with Gasteiger partial charge in [-0.2, -0.15) is 15.0 Å². The number of hydrogen-bond donors (Lipinski definition) is 12. The lowest BCUT2D eigenvalue weighted by atomic mass is 10.2. The maximum absolute atomic E-state index is 11.9. The summed E-state index contributed by atoms with van der Waals surface area (Å²) in [7, 11) is -13.9. The Labute approximate surface area is 193 Å². The van der Waals surface area contributed by atoms with E-state index in [1.165, 1.54) is 0 Å². The Balaban J connectivity index is 0.000000635. The van der Waals surface area contributed by atoms with Crippen LogP contribution in [0.1, 0.15) is 6.42 Å². The van der Waals surface area contributed by atoms with Crippen LogP contribution in [0.2, 0.25) is 0 Å². The van der Waals surface area contributed by atoms with Gasteiger partial charge >= 0.3 is 35.4 Å². The van der Waals surface area contributed by atoms with E-state index in [0.29, 0.717) is 0 Å².